The zero-order valence-corrected chi connectivity index (χ0v) is 18.5. The summed E-state index contributed by atoms with van der Waals surface area (Å²) in [4.78, 5) is 20.0. The molecule has 2 heterocycles. The first-order valence-electron chi connectivity index (χ1n) is 9.90. The number of nitrogens with zero attached hydrogens (tertiary/aromatic N) is 3. The first kappa shape index (κ1) is 20.7. The Kier molecular flexibility index (Phi) is 5.23. The van der Waals surface area contributed by atoms with E-state index in [0.717, 1.165) is 16.7 Å². The first-order chi connectivity index (χ1) is 16.0. The molecule has 8 nitrogen and oxygen atoms in total. The molecule has 0 fully saturated rings. The fraction of sp³-hybridized carbons (Fsp3) is 0.0833. The van der Waals surface area contributed by atoms with E-state index in [1.807, 2.05) is 48.5 Å². The molecule has 0 radical (unpaired) electrons. The summed E-state index contributed by atoms with van der Waals surface area (Å²) in [6.07, 6.45) is 0. The molecule has 0 saturated carbocycles. The predicted molar refractivity (Wildman–Crippen MR) is 126 cm³/mol. The molecular formula is C24H17N3O5S. The Hall–Kier alpha value is -4.24. The number of thiazole rings is 1. The van der Waals surface area contributed by atoms with E-state index in [0.29, 0.717) is 37.8 Å². The predicted octanol–water partition coefficient (Wildman–Crippen LogP) is 5.87. The van der Waals surface area contributed by atoms with Crippen LogP contribution >= 0.6 is 11.3 Å². The lowest BCUT2D eigenvalue weighted by atomic mass is 10.1. The lowest BCUT2D eigenvalue weighted by Gasteiger charge is -2.07. The highest BCUT2D eigenvalue weighted by atomic mass is 32.1. The van der Waals surface area contributed by atoms with Crippen LogP contribution in [0.4, 0.5) is 10.8 Å². The second kappa shape index (κ2) is 8.36. The van der Waals surface area contributed by atoms with Crippen LogP contribution in [0.2, 0.25) is 0 Å². The summed E-state index contributed by atoms with van der Waals surface area (Å²) in [6.45, 7) is 0. The van der Waals surface area contributed by atoms with Crippen LogP contribution in [0, 0.1) is 10.1 Å². The number of hydrogen-bond acceptors (Lipinski definition) is 8. The summed E-state index contributed by atoms with van der Waals surface area (Å²) in [7, 11) is 3.22. The number of rotatable bonds is 5. The quantitative estimate of drug-likeness (QED) is 0.241. The minimum absolute atomic E-state index is 0.0215. The van der Waals surface area contributed by atoms with Crippen molar-refractivity contribution in [3.05, 3.63) is 82.2 Å². The van der Waals surface area contributed by atoms with E-state index in [1.165, 1.54) is 23.5 Å². The molecule has 5 aromatic rings. The van der Waals surface area contributed by atoms with Crippen molar-refractivity contribution in [2.24, 2.45) is 4.99 Å². The molecule has 0 saturated heterocycles. The number of nitro groups is 1. The average molecular weight is 459 g/mol. The number of non-ortho nitro benzene ring substituents is 1. The Morgan fingerprint density at radius 2 is 1.73 bits per heavy atom. The van der Waals surface area contributed by atoms with Gasteiger partial charge >= 0.3 is 0 Å². The standard InChI is InChI=1S/C24H17N3O5S/c1-30-16-6-3-14(4-7-16)22-13-20(18-12-17(31-2)8-10-21(18)32-22)26-24-25-19-9-5-15(27(28)29)11-23(19)33-24/h3-13H,1-2H3/b26-20+. The molecule has 0 bridgehead atoms. The van der Waals surface area contributed by atoms with Gasteiger partial charge in [-0.3, -0.25) is 10.1 Å². The van der Waals surface area contributed by atoms with E-state index in [1.54, 1.807) is 20.3 Å². The van der Waals surface area contributed by atoms with E-state index in [4.69, 9.17) is 18.9 Å². The Morgan fingerprint density at radius 1 is 0.970 bits per heavy atom. The SMILES string of the molecule is COc1ccc(-c2c/c(=N\c3nc4ccc([N+](=O)[O-])cc4s3)c3cc(OC)ccc3o2)cc1. The summed E-state index contributed by atoms with van der Waals surface area (Å²) in [6, 6.07) is 19.5. The zero-order chi connectivity index (χ0) is 22.9. The molecule has 0 amide bonds. The zero-order valence-electron chi connectivity index (χ0n) is 17.6. The molecule has 9 heteroatoms. The summed E-state index contributed by atoms with van der Waals surface area (Å²) >= 11 is 1.29. The number of aromatic nitrogens is 1. The van der Waals surface area contributed by atoms with Gasteiger partial charge in [0.05, 0.1) is 34.7 Å². The van der Waals surface area contributed by atoms with Crippen LogP contribution < -0.4 is 14.8 Å². The number of benzene rings is 3. The van der Waals surface area contributed by atoms with Gasteiger partial charge in [-0.15, -0.1) is 0 Å². The summed E-state index contributed by atoms with van der Waals surface area (Å²) < 4.78 is 17.5. The van der Waals surface area contributed by atoms with Gasteiger partial charge in [0.15, 0.2) is 0 Å². The van der Waals surface area contributed by atoms with Crippen LogP contribution in [0.15, 0.2) is 76.1 Å². The van der Waals surface area contributed by atoms with Crippen molar-refractivity contribution < 1.29 is 18.8 Å². The van der Waals surface area contributed by atoms with Crippen molar-refractivity contribution in [1.82, 2.24) is 4.98 Å². The normalized spacial score (nSPS) is 11.8. The highest BCUT2D eigenvalue weighted by Crippen LogP contribution is 2.31. The maximum absolute atomic E-state index is 11.1. The smallest absolute Gasteiger partial charge is 0.270 e. The third-order valence-electron chi connectivity index (χ3n) is 5.11. The van der Waals surface area contributed by atoms with Gasteiger partial charge in [-0.05, 0) is 48.5 Å². The van der Waals surface area contributed by atoms with Gasteiger partial charge in [0.2, 0.25) is 5.13 Å². The highest BCUT2D eigenvalue weighted by Gasteiger charge is 2.12. The van der Waals surface area contributed by atoms with Crippen molar-refractivity contribution in [2.75, 3.05) is 14.2 Å². The Balaban J connectivity index is 1.71. The van der Waals surface area contributed by atoms with Crippen molar-refractivity contribution in [2.45, 2.75) is 0 Å². The number of methoxy groups -OCH3 is 2. The molecule has 0 aliphatic heterocycles. The van der Waals surface area contributed by atoms with Crippen LogP contribution in [0.1, 0.15) is 0 Å². The monoisotopic (exact) mass is 459 g/mol. The molecule has 0 unspecified atom stereocenters. The molecule has 0 spiro atoms. The van der Waals surface area contributed by atoms with Gasteiger partial charge in [-0.25, -0.2) is 9.98 Å². The maximum atomic E-state index is 11.1. The molecule has 0 atom stereocenters. The third kappa shape index (κ3) is 4.01. The fourth-order valence-corrected chi connectivity index (χ4v) is 4.31. The van der Waals surface area contributed by atoms with Gasteiger partial charge in [-0.2, -0.15) is 0 Å². The van der Waals surface area contributed by atoms with E-state index in [2.05, 4.69) is 4.98 Å². The minimum Gasteiger partial charge on any atom is -0.497 e. The van der Waals surface area contributed by atoms with Crippen LogP contribution in [0.25, 0.3) is 32.5 Å². The van der Waals surface area contributed by atoms with E-state index in [-0.39, 0.29) is 5.69 Å². The van der Waals surface area contributed by atoms with Crippen LogP contribution in [-0.4, -0.2) is 24.1 Å². The van der Waals surface area contributed by atoms with Crippen molar-refractivity contribution in [3.8, 4) is 22.8 Å². The lowest BCUT2D eigenvalue weighted by Crippen LogP contribution is -2.03. The summed E-state index contributed by atoms with van der Waals surface area (Å²) in [5.74, 6) is 2.05. The van der Waals surface area contributed by atoms with Crippen LogP contribution in [-0.2, 0) is 0 Å². The van der Waals surface area contributed by atoms with Gasteiger partial charge in [-0.1, -0.05) is 11.3 Å². The third-order valence-corrected chi connectivity index (χ3v) is 6.02. The van der Waals surface area contributed by atoms with E-state index in [9.17, 15) is 10.1 Å². The van der Waals surface area contributed by atoms with E-state index < -0.39 is 4.92 Å². The molecule has 3 aromatic carbocycles. The topological polar surface area (TPSA) is 100.0 Å². The summed E-state index contributed by atoms with van der Waals surface area (Å²) in [5, 5.41) is 13.0. The van der Waals surface area contributed by atoms with Crippen LogP contribution in [0.5, 0.6) is 11.5 Å². The van der Waals surface area contributed by atoms with Crippen molar-refractivity contribution >= 4 is 43.3 Å². The molecule has 0 aliphatic rings. The Morgan fingerprint density at radius 3 is 2.45 bits per heavy atom. The number of nitro benzene ring substituents is 1. The molecule has 0 N–H and O–H groups in total. The van der Waals surface area contributed by atoms with Gasteiger partial charge in [0.1, 0.15) is 22.8 Å². The second-order valence-electron chi connectivity index (χ2n) is 7.10. The molecule has 5 rings (SSSR count). The van der Waals surface area contributed by atoms with Gasteiger partial charge in [0.25, 0.3) is 5.69 Å². The Labute approximate surface area is 191 Å². The summed E-state index contributed by atoms with van der Waals surface area (Å²) in [5.41, 5.74) is 2.18. The van der Waals surface area contributed by atoms with Crippen molar-refractivity contribution in [3.63, 3.8) is 0 Å². The van der Waals surface area contributed by atoms with Crippen LogP contribution in [0.3, 0.4) is 0 Å². The highest BCUT2D eigenvalue weighted by molar-refractivity contribution is 7.21. The van der Waals surface area contributed by atoms with Gasteiger partial charge in [0, 0.05) is 29.1 Å². The largest absolute Gasteiger partial charge is 0.497 e. The van der Waals surface area contributed by atoms with E-state index >= 15 is 0 Å². The van der Waals surface area contributed by atoms with Gasteiger partial charge < -0.3 is 13.9 Å². The fourth-order valence-electron chi connectivity index (χ4n) is 3.43. The number of ether oxygens (including phenoxy) is 2. The number of hydrogen-bond donors (Lipinski definition) is 0. The lowest BCUT2D eigenvalue weighted by molar-refractivity contribution is -0.384. The Bertz CT molecular complexity index is 1570. The minimum atomic E-state index is -0.421. The first-order valence-corrected chi connectivity index (χ1v) is 10.7. The molecule has 0 aliphatic carbocycles. The number of fused-ring (bicyclic) bond motifs is 2. The molecule has 33 heavy (non-hydrogen) atoms. The van der Waals surface area contributed by atoms with Crippen molar-refractivity contribution in [1.29, 1.82) is 0 Å². The molecule has 2 aromatic heterocycles. The molecule has 164 valence electrons. The molecular weight excluding hydrogens is 442 g/mol. The average Bonchev–Trinajstić information content (AvgIpc) is 3.25. The second-order valence-corrected chi connectivity index (χ2v) is 8.11. The maximum Gasteiger partial charge on any atom is 0.270 e.